The van der Waals surface area contributed by atoms with E-state index in [1.807, 2.05) is 0 Å². The molecule has 4 N–H and O–H groups in total. The Balaban J connectivity index is -0.0000000522. The Bertz CT molecular complexity index is 218. The third-order valence-electron chi connectivity index (χ3n) is 0. The summed E-state index contributed by atoms with van der Waals surface area (Å²) in [7, 11) is -4.67. The van der Waals surface area contributed by atoms with Gasteiger partial charge in [0.05, 0.1) is 0 Å². The molecule has 0 saturated heterocycles. The van der Waals surface area contributed by atoms with Crippen molar-refractivity contribution in [3.63, 3.8) is 0 Å². The Kier molecular flexibility index (Phi) is 19.5. The van der Waals surface area contributed by atoms with Gasteiger partial charge in [0, 0.05) is 6.92 Å². The van der Waals surface area contributed by atoms with Gasteiger partial charge in [0.25, 0.3) is 11.1 Å². The fraction of sp³-hybridized carbons (Fsp3) is 0.500. The molecule has 0 aromatic heterocycles. The van der Waals surface area contributed by atoms with Crippen molar-refractivity contribution in [1.82, 2.24) is 0 Å². The molecule has 0 radical (unpaired) electrons. The van der Waals surface area contributed by atoms with E-state index in [1.54, 1.807) is 0 Å². The molecule has 0 unspecified atom stereocenters. The summed E-state index contributed by atoms with van der Waals surface area (Å²) in [5, 5.41) is 21.1. The molecule has 0 amide bonds. The predicted molar refractivity (Wildman–Crippen MR) is 43.5 cm³/mol. The number of carboxylic acids is 1. The fourth-order valence-electron chi connectivity index (χ4n) is 0. The van der Waals surface area contributed by atoms with E-state index in [-0.39, 0.29) is 12.4 Å². The first-order valence-electron chi connectivity index (χ1n) is 2.19. The molecule has 0 atom stereocenters. The molecule has 14 heavy (non-hydrogen) atoms. The first-order chi connectivity index (χ1) is 5.46. The highest BCUT2D eigenvalue weighted by Gasteiger charge is 1.84. The highest BCUT2D eigenvalue weighted by Crippen LogP contribution is 1.59. The number of nitrogens with zero attached hydrogens (tertiary/aromatic N) is 1. The van der Waals surface area contributed by atoms with E-state index < -0.39 is 21.5 Å². The molecule has 0 aliphatic heterocycles. The zero-order valence-electron chi connectivity index (χ0n) is 6.59. The van der Waals surface area contributed by atoms with Crippen LogP contribution in [0.3, 0.4) is 0 Å². The minimum atomic E-state index is -4.67. The average Bonchev–Trinajstić information content (AvgIpc) is 1.50. The fourth-order valence-corrected chi connectivity index (χ4v) is 0. The molecular formula is C2H8ClNO9S. The summed E-state index contributed by atoms with van der Waals surface area (Å²) in [6.45, 7) is 1.08. The van der Waals surface area contributed by atoms with Gasteiger partial charge < -0.3 is 10.3 Å². The molecule has 0 fully saturated rings. The van der Waals surface area contributed by atoms with Gasteiger partial charge in [-0.25, -0.2) is 0 Å². The lowest BCUT2D eigenvalue weighted by atomic mass is 10.9. The van der Waals surface area contributed by atoms with E-state index in [0.29, 0.717) is 0 Å². The van der Waals surface area contributed by atoms with Crippen LogP contribution >= 0.6 is 12.4 Å². The van der Waals surface area contributed by atoms with E-state index in [0.717, 1.165) is 6.92 Å². The molecule has 0 aromatic rings. The minimum absolute atomic E-state index is 0. The number of halogens is 1. The molecule has 0 rings (SSSR count). The van der Waals surface area contributed by atoms with E-state index in [2.05, 4.69) is 0 Å². The summed E-state index contributed by atoms with van der Waals surface area (Å²) in [5.74, 6) is -0.833. The zero-order chi connectivity index (χ0) is 11.7. The van der Waals surface area contributed by atoms with Crippen LogP contribution in [0.15, 0.2) is 0 Å². The van der Waals surface area contributed by atoms with Crippen LogP contribution < -0.4 is 0 Å². The van der Waals surface area contributed by atoms with Gasteiger partial charge >= 0.3 is 10.4 Å². The molecule has 0 aromatic carbocycles. The maximum Gasteiger partial charge on any atom is 0.394 e. The molecule has 0 aliphatic carbocycles. The van der Waals surface area contributed by atoms with E-state index >= 15 is 0 Å². The predicted octanol–water partition coefficient (Wildman–Crippen LogP) is -0.488. The molecule has 12 heteroatoms. The second-order valence-corrected chi connectivity index (χ2v) is 2.10. The number of carboxylic acid groups (broad SMARTS) is 1. The summed E-state index contributed by atoms with van der Waals surface area (Å²) < 4.78 is 31.6. The van der Waals surface area contributed by atoms with Crippen molar-refractivity contribution >= 4 is 28.8 Å². The van der Waals surface area contributed by atoms with Crippen LogP contribution in [0.4, 0.5) is 0 Å². The standard InChI is InChI=1S/C2H4O2.ClH.HNO3.H2O4S/c1-2(3)4;;2-1(3)4;1-5(2,3)4/h1H3,(H,3,4);1H;(H,2,3,4);(H2,1,2,3,4). The van der Waals surface area contributed by atoms with Gasteiger partial charge in [-0.1, -0.05) is 0 Å². The van der Waals surface area contributed by atoms with Crippen molar-refractivity contribution in [2.45, 2.75) is 6.92 Å². The largest absolute Gasteiger partial charge is 0.481 e. The van der Waals surface area contributed by atoms with Gasteiger partial charge in [-0.05, 0) is 0 Å². The maximum atomic E-state index is 9.00. The van der Waals surface area contributed by atoms with Crippen molar-refractivity contribution in [2.24, 2.45) is 0 Å². The molecule has 0 heterocycles. The Morgan fingerprint density at radius 2 is 1.36 bits per heavy atom. The number of hydrogen-bond donors (Lipinski definition) is 4. The Hall–Kier alpha value is -1.17. The number of hydrogen-bond acceptors (Lipinski definition) is 5. The topological polar surface area (TPSA) is 175 Å². The van der Waals surface area contributed by atoms with Gasteiger partial charge in [0.1, 0.15) is 0 Å². The second-order valence-electron chi connectivity index (χ2n) is 1.20. The van der Waals surface area contributed by atoms with Crippen LogP contribution in [0.1, 0.15) is 6.92 Å². The lowest BCUT2D eigenvalue weighted by Crippen LogP contribution is -1.89. The molecule has 0 aliphatic rings. The summed E-state index contributed by atoms with van der Waals surface area (Å²) in [6, 6.07) is 0. The van der Waals surface area contributed by atoms with Crippen LogP contribution in [0.25, 0.3) is 0 Å². The highest BCUT2D eigenvalue weighted by atomic mass is 35.5. The summed E-state index contributed by atoms with van der Waals surface area (Å²) >= 11 is 0. The normalized spacial score (nSPS) is 7.64. The number of carbonyl (C=O) groups is 1. The van der Waals surface area contributed by atoms with Crippen LogP contribution in [0.5, 0.6) is 0 Å². The van der Waals surface area contributed by atoms with Crippen molar-refractivity contribution < 1.29 is 37.7 Å². The van der Waals surface area contributed by atoms with Crippen molar-refractivity contribution in [1.29, 1.82) is 0 Å². The molecule has 0 bridgehead atoms. The van der Waals surface area contributed by atoms with Crippen LogP contribution in [0.2, 0.25) is 0 Å². The van der Waals surface area contributed by atoms with Crippen molar-refractivity contribution in [2.75, 3.05) is 0 Å². The smallest absolute Gasteiger partial charge is 0.394 e. The number of rotatable bonds is 0. The lowest BCUT2D eigenvalue weighted by Gasteiger charge is -1.68. The average molecular weight is 258 g/mol. The lowest BCUT2D eigenvalue weighted by molar-refractivity contribution is -0.742. The molecular weight excluding hydrogens is 250 g/mol. The third-order valence-corrected chi connectivity index (χ3v) is 0. The minimum Gasteiger partial charge on any atom is -0.481 e. The SMILES string of the molecule is CC(=O)O.Cl.O=S(=O)(O)O.O=[N+]([O-])O. The van der Waals surface area contributed by atoms with Crippen LogP contribution in [-0.2, 0) is 15.2 Å². The van der Waals surface area contributed by atoms with E-state index in [1.165, 1.54) is 0 Å². The van der Waals surface area contributed by atoms with Gasteiger partial charge in [-0.3, -0.25) is 13.9 Å². The van der Waals surface area contributed by atoms with Gasteiger partial charge in [-0.2, -0.15) is 8.42 Å². The molecule has 0 saturated carbocycles. The van der Waals surface area contributed by atoms with Crippen molar-refractivity contribution in [3.05, 3.63) is 10.1 Å². The second kappa shape index (κ2) is 11.8. The Labute approximate surface area is 84.3 Å². The maximum absolute atomic E-state index is 9.00. The molecule has 88 valence electrons. The van der Waals surface area contributed by atoms with E-state index in [4.69, 9.17) is 42.7 Å². The summed E-state index contributed by atoms with van der Waals surface area (Å²) in [5.41, 5.74) is 0. The summed E-state index contributed by atoms with van der Waals surface area (Å²) in [6.07, 6.45) is 0. The van der Waals surface area contributed by atoms with Crippen LogP contribution in [0, 0.1) is 10.1 Å². The van der Waals surface area contributed by atoms with E-state index in [9.17, 15) is 0 Å². The first-order valence-corrected chi connectivity index (χ1v) is 3.59. The zero-order valence-corrected chi connectivity index (χ0v) is 8.23. The monoisotopic (exact) mass is 257 g/mol. The molecule has 10 nitrogen and oxygen atoms in total. The third kappa shape index (κ3) is 764. The van der Waals surface area contributed by atoms with Gasteiger partial charge in [0.2, 0.25) is 0 Å². The quantitative estimate of drug-likeness (QED) is 0.253. The van der Waals surface area contributed by atoms with Crippen LogP contribution in [-0.4, -0.2) is 38.9 Å². The molecule has 0 spiro atoms. The van der Waals surface area contributed by atoms with Crippen molar-refractivity contribution in [3.8, 4) is 0 Å². The Morgan fingerprint density at radius 3 is 1.36 bits per heavy atom. The van der Waals surface area contributed by atoms with Gasteiger partial charge in [-0.15, -0.1) is 22.5 Å². The summed E-state index contributed by atoms with van der Waals surface area (Å²) in [4.78, 5) is 17.4. The first kappa shape index (κ1) is 23.0. The Morgan fingerprint density at radius 1 is 1.36 bits per heavy atom. The highest BCUT2D eigenvalue weighted by molar-refractivity contribution is 7.79. The number of aliphatic carboxylic acids is 1. The van der Waals surface area contributed by atoms with Gasteiger partial charge in [0.15, 0.2) is 0 Å².